The number of hydrogen-bond donors (Lipinski definition) is 1. The number of aromatic nitrogens is 2. The molecule has 244 valence electrons. The molecule has 2 aromatic carbocycles. The average molecular weight is 678 g/mol. The van der Waals surface area contributed by atoms with Gasteiger partial charge in [0.1, 0.15) is 34.8 Å². The summed E-state index contributed by atoms with van der Waals surface area (Å²) in [5.41, 5.74) is 6.68. The van der Waals surface area contributed by atoms with Crippen molar-refractivity contribution in [2.24, 2.45) is 5.41 Å². The van der Waals surface area contributed by atoms with Gasteiger partial charge in [-0.25, -0.2) is 8.78 Å². The Morgan fingerprint density at radius 3 is 2.81 bits per heavy atom. The van der Waals surface area contributed by atoms with Gasteiger partial charge in [0.05, 0.1) is 21.3 Å². The van der Waals surface area contributed by atoms with Gasteiger partial charge in [0.2, 0.25) is 5.91 Å². The van der Waals surface area contributed by atoms with Crippen molar-refractivity contribution in [1.82, 2.24) is 19.8 Å². The molecule has 3 fully saturated rings. The summed E-state index contributed by atoms with van der Waals surface area (Å²) >= 11 is 7.78. The molecule has 0 bridgehead atoms. The first kappa shape index (κ1) is 31.5. The Labute approximate surface area is 280 Å². The number of carbonyl (C=O) groups excluding carboxylic acids is 1. The molecular formula is C34H34ClF2N7O2S. The minimum Gasteiger partial charge on any atom is -0.462 e. The Hall–Kier alpha value is -4.05. The van der Waals surface area contributed by atoms with Crippen LogP contribution < -0.4 is 15.4 Å². The van der Waals surface area contributed by atoms with Gasteiger partial charge in [0.15, 0.2) is 5.82 Å². The highest BCUT2D eigenvalue weighted by Crippen LogP contribution is 2.54. The minimum atomic E-state index is -0.756. The first-order valence-electron chi connectivity index (χ1n) is 15.6. The first-order valence-corrected chi connectivity index (χ1v) is 16.8. The SMILES string of the molecule is C=CC(=O)N1CC[C@@H](N(C)c2nc(OC[C@@H]3CC4(CC4)CN3C)nc3c(F)c(-c4ccc(F)c5sc(N)c(C#N)c45)c(Cl)cc23)[C@H]1C. The Morgan fingerprint density at radius 1 is 1.36 bits per heavy atom. The van der Waals surface area contributed by atoms with Crippen LogP contribution in [0, 0.1) is 28.4 Å². The van der Waals surface area contributed by atoms with Crippen LogP contribution >= 0.6 is 22.9 Å². The van der Waals surface area contributed by atoms with Gasteiger partial charge in [-0.2, -0.15) is 15.2 Å². The lowest BCUT2D eigenvalue weighted by atomic mass is 9.97. The van der Waals surface area contributed by atoms with E-state index in [1.807, 2.05) is 24.9 Å². The number of nitriles is 1. The van der Waals surface area contributed by atoms with E-state index in [0.717, 1.165) is 24.3 Å². The van der Waals surface area contributed by atoms with E-state index in [1.54, 1.807) is 11.0 Å². The molecule has 3 atom stereocenters. The van der Waals surface area contributed by atoms with Gasteiger partial charge in [-0.15, -0.1) is 11.3 Å². The van der Waals surface area contributed by atoms with E-state index >= 15 is 4.39 Å². The Balaban J connectivity index is 1.36. The number of amides is 1. The largest absolute Gasteiger partial charge is 0.462 e. The number of halogens is 3. The van der Waals surface area contributed by atoms with Crippen LogP contribution in [0.5, 0.6) is 6.01 Å². The van der Waals surface area contributed by atoms with E-state index in [1.165, 1.54) is 31.1 Å². The van der Waals surface area contributed by atoms with Gasteiger partial charge in [-0.1, -0.05) is 24.2 Å². The van der Waals surface area contributed by atoms with E-state index in [9.17, 15) is 14.4 Å². The van der Waals surface area contributed by atoms with Gasteiger partial charge >= 0.3 is 6.01 Å². The standard InChI is InChI=1S/C34H34ClF2N7O2S/c1-5-25(45)44-11-8-24(17(44)2)43(4)32-20-12-22(35)27(19-6-7-23(36)30-26(19)21(14-38)31(39)47-30)28(37)29(20)40-33(41-32)46-15-18-13-34(9-10-34)16-42(18)3/h5-7,12,17-18,24H,1,8-11,13,15-16,39H2,2-4H3/t17-,18+,24-/m1/s1. The summed E-state index contributed by atoms with van der Waals surface area (Å²) in [7, 11) is 3.94. The van der Waals surface area contributed by atoms with Crippen LogP contribution in [0.1, 0.15) is 38.2 Å². The summed E-state index contributed by atoms with van der Waals surface area (Å²) in [5, 5.41) is 10.6. The fourth-order valence-corrected chi connectivity index (χ4v) is 8.79. The number of thiophene rings is 1. The zero-order valence-electron chi connectivity index (χ0n) is 26.3. The number of likely N-dealkylation sites (tertiary alicyclic amines) is 2. The quantitative estimate of drug-likeness (QED) is 0.225. The van der Waals surface area contributed by atoms with Gasteiger partial charge in [0, 0.05) is 48.6 Å². The zero-order valence-corrected chi connectivity index (χ0v) is 27.9. The topological polar surface area (TPSA) is 112 Å². The second-order valence-electron chi connectivity index (χ2n) is 13.1. The number of ether oxygens (including phenoxy) is 1. The van der Waals surface area contributed by atoms with Crippen molar-refractivity contribution in [1.29, 1.82) is 5.26 Å². The molecule has 1 amide bonds. The number of carbonyl (C=O) groups is 1. The molecule has 0 unspecified atom stereocenters. The van der Waals surface area contributed by atoms with Gasteiger partial charge in [0.25, 0.3) is 0 Å². The summed E-state index contributed by atoms with van der Waals surface area (Å²) < 4.78 is 38.2. The summed E-state index contributed by atoms with van der Waals surface area (Å²) in [4.78, 5) is 27.9. The molecule has 2 aromatic heterocycles. The molecule has 4 heterocycles. The predicted molar refractivity (Wildman–Crippen MR) is 181 cm³/mol. The smallest absolute Gasteiger partial charge is 0.319 e. The number of likely N-dealkylation sites (N-methyl/N-ethyl adjacent to an activating group) is 2. The van der Waals surface area contributed by atoms with Crippen LogP contribution in [-0.4, -0.2) is 77.6 Å². The molecule has 2 aliphatic heterocycles. The number of benzene rings is 2. The highest BCUT2D eigenvalue weighted by molar-refractivity contribution is 7.23. The van der Waals surface area contributed by atoms with Crippen molar-refractivity contribution in [3.8, 4) is 23.2 Å². The van der Waals surface area contributed by atoms with E-state index in [4.69, 9.17) is 27.1 Å². The number of hydrogen-bond acceptors (Lipinski definition) is 9. The van der Waals surface area contributed by atoms with Crippen molar-refractivity contribution in [3.05, 3.63) is 53.1 Å². The molecular weight excluding hydrogens is 644 g/mol. The van der Waals surface area contributed by atoms with Gasteiger partial charge in [-0.05, 0) is 68.8 Å². The molecule has 7 rings (SSSR count). The van der Waals surface area contributed by atoms with Crippen LogP contribution in [-0.2, 0) is 4.79 Å². The minimum absolute atomic E-state index is 0.0167. The average Bonchev–Trinajstić information content (AvgIpc) is 3.37. The van der Waals surface area contributed by atoms with Crippen LogP contribution in [0.2, 0.25) is 5.02 Å². The normalized spacial score (nSPS) is 21.9. The summed E-state index contributed by atoms with van der Waals surface area (Å²) in [5.74, 6) is -1.08. The maximum absolute atomic E-state index is 17.0. The van der Waals surface area contributed by atoms with Crippen molar-refractivity contribution >= 4 is 60.7 Å². The Bertz CT molecular complexity index is 2010. The van der Waals surface area contributed by atoms with Crippen molar-refractivity contribution < 1.29 is 18.3 Å². The molecule has 2 N–H and O–H groups in total. The van der Waals surface area contributed by atoms with E-state index in [2.05, 4.69) is 23.5 Å². The molecule has 13 heteroatoms. The third-order valence-corrected chi connectivity index (χ3v) is 11.6. The fraction of sp³-hybridized carbons (Fsp3) is 0.412. The molecule has 3 aliphatic rings. The van der Waals surface area contributed by atoms with E-state index < -0.39 is 11.6 Å². The highest BCUT2D eigenvalue weighted by atomic mass is 35.5. The third kappa shape index (κ3) is 5.16. The second-order valence-corrected chi connectivity index (χ2v) is 14.5. The molecule has 1 aliphatic carbocycles. The summed E-state index contributed by atoms with van der Waals surface area (Å²) in [6.07, 6.45) is 5.42. The molecule has 9 nitrogen and oxygen atoms in total. The van der Waals surface area contributed by atoms with Crippen LogP contribution in [0.4, 0.5) is 19.6 Å². The third-order valence-electron chi connectivity index (χ3n) is 10.3. The van der Waals surface area contributed by atoms with Crippen molar-refractivity contribution in [2.75, 3.05) is 44.4 Å². The molecule has 1 saturated carbocycles. The van der Waals surface area contributed by atoms with E-state index in [-0.39, 0.29) is 72.4 Å². The number of anilines is 2. The number of nitrogen functional groups attached to an aromatic ring is 1. The molecule has 1 spiro atoms. The molecule has 4 aromatic rings. The number of fused-ring (bicyclic) bond motifs is 2. The lowest BCUT2D eigenvalue weighted by molar-refractivity contribution is -0.126. The molecule has 47 heavy (non-hydrogen) atoms. The first-order chi connectivity index (χ1) is 22.5. The number of nitrogens with two attached hydrogens (primary N) is 1. The maximum Gasteiger partial charge on any atom is 0.319 e. The van der Waals surface area contributed by atoms with Crippen LogP contribution in [0.25, 0.3) is 32.1 Å². The summed E-state index contributed by atoms with van der Waals surface area (Å²) in [6, 6.07) is 6.12. The summed E-state index contributed by atoms with van der Waals surface area (Å²) in [6.45, 7) is 7.50. The number of rotatable bonds is 7. The molecule has 0 radical (unpaired) electrons. The van der Waals surface area contributed by atoms with Gasteiger partial charge in [-0.3, -0.25) is 9.69 Å². The lowest BCUT2D eigenvalue weighted by Gasteiger charge is -2.32. The Morgan fingerprint density at radius 2 is 2.13 bits per heavy atom. The zero-order chi connectivity index (χ0) is 33.4. The predicted octanol–water partition coefficient (Wildman–Crippen LogP) is 6.37. The lowest BCUT2D eigenvalue weighted by Crippen LogP contribution is -2.43. The second kappa shape index (κ2) is 11.6. The van der Waals surface area contributed by atoms with E-state index in [0.29, 0.717) is 36.2 Å². The fourth-order valence-electron chi connectivity index (χ4n) is 7.55. The molecule has 2 saturated heterocycles. The van der Waals surface area contributed by atoms with Gasteiger partial charge < -0.3 is 20.3 Å². The van der Waals surface area contributed by atoms with Crippen LogP contribution in [0.3, 0.4) is 0 Å². The Kier molecular flexibility index (Phi) is 7.77. The maximum atomic E-state index is 17.0. The van der Waals surface area contributed by atoms with Crippen molar-refractivity contribution in [3.63, 3.8) is 0 Å². The van der Waals surface area contributed by atoms with Crippen LogP contribution in [0.15, 0.2) is 30.9 Å². The highest BCUT2D eigenvalue weighted by Gasteiger charge is 2.51. The monoisotopic (exact) mass is 677 g/mol. The number of nitrogens with zero attached hydrogens (tertiary/aromatic N) is 6. The van der Waals surface area contributed by atoms with Crippen molar-refractivity contribution in [2.45, 2.75) is 50.7 Å².